The fraction of sp³-hybridized carbons (Fsp3) is 0.500. The predicted molar refractivity (Wildman–Crippen MR) is 113 cm³/mol. The van der Waals surface area contributed by atoms with Gasteiger partial charge in [0.05, 0.1) is 41.5 Å². The lowest BCUT2D eigenvalue weighted by atomic mass is 10.00. The second-order valence-electron chi connectivity index (χ2n) is 9.08. The number of nitrogens with zero attached hydrogens (tertiary/aromatic N) is 4. The van der Waals surface area contributed by atoms with E-state index in [0.717, 1.165) is 35.2 Å². The monoisotopic (exact) mass is 409 g/mol. The largest absolute Gasteiger partial charge is 0.474 e. The second-order valence-corrected chi connectivity index (χ2v) is 9.08. The van der Waals surface area contributed by atoms with E-state index in [2.05, 4.69) is 36.2 Å². The van der Waals surface area contributed by atoms with Crippen molar-refractivity contribution in [2.45, 2.75) is 38.0 Å². The maximum Gasteiger partial charge on any atom is 0.223 e. The molecule has 2 saturated heterocycles. The molecule has 3 aromatic heterocycles. The van der Waals surface area contributed by atoms with Crippen LogP contribution < -0.4 is 10.1 Å². The van der Waals surface area contributed by atoms with Gasteiger partial charge >= 0.3 is 0 Å². The Morgan fingerprint density at radius 3 is 2.93 bits per heavy atom. The molecular formula is C22H27N5O3. The average Bonchev–Trinajstić information content (AvgIpc) is 3.22. The summed E-state index contributed by atoms with van der Waals surface area (Å²) >= 11 is 0. The van der Waals surface area contributed by atoms with Crippen LogP contribution in [-0.2, 0) is 15.0 Å². The highest BCUT2D eigenvalue weighted by molar-refractivity contribution is 5.86. The molecule has 8 nitrogen and oxygen atoms in total. The van der Waals surface area contributed by atoms with Crippen LogP contribution in [0.15, 0.2) is 36.8 Å². The summed E-state index contributed by atoms with van der Waals surface area (Å²) in [4.78, 5) is 9.32. The molecular weight excluding hydrogens is 382 g/mol. The van der Waals surface area contributed by atoms with Crippen molar-refractivity contribution >= 4 is 10.9 Å². The molecule has 158 valence electrons. The molecule has 3 aromatic rings. The number of pyridine rings is 2. The van der Waals surface area contributed by atoms with E-state index in [1.807, 2.05) is 35.3 Å². The highest BCUT2D eigenvalue weighted by atomic mass is 16.6. The third-order valence-corrected chi connectivity index (χ3v) is 5.50. The van der Waals surface area contributed by atoms with Gasteiger partial charge in [-0.25, -0.2) is 4.98 Å². The van der Waals surface area contributed by atoms with Gasteiger partial charge in [0, 0.05) is 31.0 Å². The molecule has 0 radical (unpaired) electrons. The van der Waals surface area contributed by atoms with Crippen LogP contribution >= 0.6 is 0 Å². The van der Waals surface area contributed by atoms with E-state index in [1.54, 1.807) is 6.20 Å². The Hall–Kier alpha value is -2.55. The maximum absolute atomic E-state index is 6.23. The summed E-state index contributed by atoms with van der Waals surface area (Å²) in [6.07, 6.45) is 5.57. The Morgan fingerprint density at radius 1 is 1.33 bits per heavy atom. The molecule has 5 rings (SSSR count). The van der Waals surface area contributed by atoms with Gasteiger partial charge in [0.15, 0.2) is 0 Å². The quantitative estimate of drug-likeness (QED) is 0.708. The first kappa shape index (κ1) is 19.4. The molecule has 0 bridgehead atoms. The van der Waals surface area contributed by atoms with Crippen molar-refractivity contribution in [1.82, 2.24) is 25.1 Å². The number of ether oxygens (including phenoxy) is 3. The molecule has 1 spiro atoms. The van der Waals surface area contributed by atoms with Gasteiger partial charge in [-0.3, -0.25) is 9.67 Å². The Morgan fingerprint density at radius 2 is 2.20 bits per heavy atom. The second kappa shape index (κ2) is 7.30. The van der Waals surface area contributed by atoms with Gasteiger partial charge in [0.2, 0.25) is 5.88 Å². The zero-order chi connectivity index (χ0) is 20.8. The van der Waals surface area contributed by atoms with E-state index < -0.39 is 0 Å². The first-order valence-corrected chi connectivity index (χ1v) is 10.3. The topological polar surface area (TPSA) is 83.3 Å². The summed E-state index contributed by atoms with van der Waals surface area (Å²) in [5.74, 6) is 0.562. The summed E-state index contributed by atoms with van der Waals surface area (Å²) in [5, 5.41) is 8.81. The van der Waals surface area contributed by atoms with Crippen LogP contribution in [0.1, 0.15) is 20.8 Å². The fourth-order valence-corrected chi connectivity index (χ4v) is 3.79. The Balaban J connectivity index is 1.42. The summed E-state index contributed by atoms with van der Waals surface area (Å²) in [5.41, 5.74) is 2.26. The summed E-state index contributed by atoms with van der Waals surface area (Å²) in [6.45, 7) is 9.60. The number of hydrogen-bond donors (Lipinski definition) is 1. The molecule has 2 aliphatic rings. The average molecular weight is 409 g/mol. The molecule has 8 heteroatoms. The number of fused-ring (bicyclic) bond motifs is 1. The smallest absolute Gasteiger partial charge is 0.223 e. The lowest BCUT2D eigenvalue weighted by Gasteiger charge is -2.46. The van der Waals surface area contributed by atoms with Crippen molar-refractivity contribution in [3.63, 3.8) is 0 Å². The molecule has 5 heterocycles. The van der Waals surface area contributed by atoms with Crippen molar-refractivity contribution in [3.8, 4) is 17.1 Å². The minimum absolute atomic E-state index is 0.0523. The van der Waals surface area contributed by atoms with E-state index in [0.29, 0.717) is 25.7 Å². The third kappa shape index (κ3) is 3.66. The Labute approximate surface area is 175 Å². The molecule has 0 aliphatic carbocycles. The van der Waals surface area contributed by atoms with Gasteiger partial charge in [-0.05, 0) is 39.0 Å². The Kier molecular flexibility index (Phi) is 4.72. The SMILES string of the molecule is CC(C)(C)n1cc(-c2cc3ncccc3c(OC[C@@H]3CNCC4(COC4)O3)n2)cn1. The lowest BCUT2D eigenvalue weighted by molar-refractivity contribution is -0.244. The molecule has 0 unspecified atom stereocenters. The van der Waals surface area contributed by atoms with Gasteiger partial charge in [-0.15, -0.1) is 0 Å². The summed E-state index contributed by atoms with van der Waals surface area (Å²) < 4.78 is 19.7. The van der Waals surface area contributed by atoms with Gasteiger partial charge < -0.3 is 19.5 Å². The number of nitrogens with one attached hydrogen (secondary N) is 1. The predicted octanol–water partition coefficient (Wildman–Crippen LogP) is 2.38. The van der Waals surface area contributed by atoms with Crippen LogP contribution in [0, 0.1) is 0 Å². The molecule has 2 fully saturated rings. The highest BCUT2D eigenvalue weighted by Gasteiger charge is 2.44. The van der Waals surface area contributed by atoms with Crippen LogP contribution in [0.25, 0.3) is 22.2 Å². The minimum Gasteiger partial charge on any atom is -0.474 e. The van der Waals surface area contributed by atoms with Crippen molar-refractivity contribution in [2.75, 3.05) is 32.9 Å². The van der Waals surface area contributed by atoms with Crippen molar-refractivity contribution in [2.24, 2.45) is 0 Å². The van der Waals surface area contributed by atoms with Crippen molar-refractivity contribution in [3.05, 3.63) is 36.8 Å². The van der Waals surface area contributed by atoms with Gasteiger partial charge in [0.25, 0.3) is 0 Å². The normalized spacial score (nSPS) is 21.0. The maximum atomic E-state index is 6.23. The van der Waals surface area contributed by atoms with Crippen LogP contribution in [0.4, 0.5) is 0 Å². The van der Waals surface area contributed by atoms with E-state index in [4.69, 9.17) is 19.2 Å². The first-order chi connectivity index (χ1) is 14.4. The highest BCUT2D eigenvalue weighted by Crippen LogP contribution is 2.30. The van der Waals surface area contributed by atoms with Crippen LogP contribution in [0.2, 0.25) is 0 Å². The third-order valence-electron chi connectivity index (χ3n) is 5.50. The molecule has 30 heavy (non-hydrogen) atoms. The van der Waals surface area contributed by atoms with E-state index >= 15 is 0 Å². The summed E-state index contributed by atoms with van der Waals surface area (Å²) in [6, 6.07) is 5.85. The molecule has 1 N–H and O–H groups in total. The number of hydrogen-bond acceptors (Lipinski definition) is 7. The number of morpholine rings is 1. The minimum atomic E-state index is -0.202. The zero-order valence-corrected chi connectivity index (χ0v) is 17.6. The Bertz CT molecular complexity index is 1050. The van der Waals surface area contributed by atoms with E-state index in [9.17, 15) is 0 Å². The van der Waals surface area contributed by atoms with Crippen LogP contribution in [0.3, 0.4) is 0 Å². The molecule has 0 saturated carbocycles. The van der Waals surface area contributed by atoms with Crippen LogP contribution in [-0.4, -0.2) is 64.4 Å². The fourth-order valence-electron chi connectivity index (χ4n) is 3.79. The zero-order valence-electron chi connectivity index (χ0n) is 17.6. The van der Waals surface area contributed by atoms with Crippen molar-refractivity contribution in [1.29, 1.82) is 0 Å². The molecule has 0 amide bonds. The molecule has 2 aliphatic heterocycles. The van der Waals surface area contributed by atoms with E-state index in [1.165, 1.54) is 0 Å². The van der Waals surface area contributed by atoms with Crippen molar-refractivity contribution < 1.29 is 14.2 Å². The van der Waals surface area contributed by atoms with Gasteiger partial charge in [-0.2, -0.15) is 5.10 Å². The molecule has 0 aromatic carbocycles. The van der Waals surface area contributed by atoms with Crippen LogP contribution in [0.5, 0.6) is 5.88 Å². The van der Waals surface area contributed by atoms with Gasteiger partial charge in [-0.1, -0.05) is 0 Å². The summed E-state index contributed by atoms with van der Waals surface area (Å²) in [7, 11) is 0. The molecule has 1 atom stereocenters. The first-order valence-electron chi connectivity index (χ1n) is 10.3. The standard InChI is InChI=1S/C22H27N5O3/c1-21(2,3)27-10-15(8-25-27)18-7-19-17(5-4-6-24-19)20(26-18)29-11-16-9-23-12-22(30-16)13-28-14-22/h4-8,10,16,23H,9,11-14H2,1-3H3/t16-/m0/s1. The van der Waals surface area contributed by atoms with Gasteiger partial charge in [0.1, 0.15) is 18.3 Å². The number of aromatic nitrogens is 4. The number of rotatable bonds is 4. The van der Waals surface area contributed by atoms with E-state index in [-0.39, 0.29) is 17.2 Å². The lowest BCUT2D eigenvalue weighted by Crippen LogP contribution is -2.65.